The molecule has 1 unspecified atom stereocenters. The zero-order valence-corrected chi connectivity index (χ0v) is 23.6. The maximum atomic E-state index is 13.0. The SMILES string of the molecule is CCCCOC(=O)N1CCN(C(=O)CNC(=O)c2cc(OCC(=O)N3CCCC3C#N)c3ccc(C)cc3n2)CC1. The number of carbonyl (C=O) groups excluding carboxylic acids is 4. The summed E-state index contributed by atoms with van der Waals surface area (Å²) in [6.07, 6.45) is 2.78. The number of ether oxygens (including phenoxy) is 2. The highest BCUT2D eigenvalue weighted by Gasteiger charge is 2.29. The van der Waals surface area contributed by atoms with E-state index in [9.17, 15) is 24.4 Å². The Morgan fingerprint density at radius 2 is 1.83 bits per heavy atom. The molecule has 2 aliphatic rings. The van der Waals surface area contributed by atoms with Gasteiger partial charge in [-0.05, 0) is 43.9 Å². The minimum atomic E-state index is -0.555. The number of hydrogen-bond donors (Lipinski definition) is 1. The van der Waals surface area contributed by atoms with Crippen molar-refractivity contribution < 1.29 is 28.7 Å². The van der Waals surface area contributed by atoms with Crippen molar-refractivity contribution in [3.05, 3.63) is 35.5 Å². The molecule has 12 nitrogen and oxygen atoms in total. The molecule has 2 saturated heterocycles. The third-order valence-electron chi connectivity index (χ3n) is 7.25. The number of likely N-dealkylation sites (tertiary alicyclic amines) is 1. The van der Waals surface area contributed by atoms with Crippen LogP contribution in [0.1, 0.15) is 48.7 Å². The minimum absolute atomic E-state index is 0.0501. The van der Waals surface area contributed by atoms with Crippen molar-refractivity contribution in [2.24, 2.45) is 0 Å². The van der Waals surface area contributed by atoms with Gasteiger partial charge in [-0.1, -0.05) is 19.4 Å². The Morgan fingerprint density at radius 1 is 1.07 bits per heavy atom. The van der Waals surface area contributed by atoms with Crippen molar-refractivity contribution >= 4 is 34.7 Å². The first-order chi connectivity index (χ1) is 19.8. The van der Waals surface area contributed by atoms with Crippen molar-refractivity contribution in [1.29, 1.82) is 5.26 Å². The third-order valence-corrected chi connectivity index (χ3v) is 7.25. The van der Waals surface area contributed by atoms with E-state index in [1.165, 1.54) is 11.0 Å². The summed E-state index contributed by atoms with van der Waals surface area (Å²) in [6, 6.07) is 8.66. The largest absolute Gasteiger partial charge is 0.483 e. The molecule has 41 heavy (non-hydrogen) atoms. The van der Waals surface area contributed by atoms with Gasteiger partial charge in [-0.3, -0.25) is 14.4 Å². The first-order valence-electron chi connectivity index (χ1n) is 14.0. The monoisotopic (exact) mass is 564 g/mol. The van der Waals surface area contributed by atoms with Crippen LogP contribution in [0.3, 0.4) is 0 Å². The van der Waals surface area contributed by atoms with Crippen LogP contribution in [-0.2, 0) is 14.3 Å². The second kappa shape index (κ2) is 13.8. The van der Waals surface area contributed by atoms with Gasteiger partial charge in [0.25, 0.3) is 11.8 Å². The van der Waals surface area contributed by atoms with Gasteiger partial charge < -0.3 is 29.5 Å². The Labute approximate surface area is 239 Å². The summed E-state index contributed by atoms with van der Waals surface area (Å²) in [5.74, 6) is -0.805. The van der Waals surface area contributed by atoms with E-state index in [-0.39, 0.29) is 36.8 Å². The lowest BCUT2D eigenvalue weighted by Crippen LogP contribution is -2.52. The van der Waals surface area contributed by atoms with Gasteiger partial charge >= 0.3 is 6.09 Å². The molecule has 0 saturated carbocycles. The number of piperazine rings is 1. The highest BCUT2D eigenvalue weighted by atomic mass is 16.6. The quantitative estimate of drug-likeness (QED) is 0.457. The van der Waals surface area contributed by atoms with Gasteiger partial charge in [-0.25, -0.2) is 9.78 Å². The molecule has 4 rings (SSSR count). The summed E-state index contributed by atoms with van der Waals surface area (Å²) in [4.78, 5) is 59.8. The van der Waals surface area contributed by atoms with E-state index in [0.29, 0.717) is 62.4 Å². The summed E-state index contributed by atoms with van der Waals surface area (Å²) >= 11 is 0. The van der Waals surface area contributed by atoms with Crippen LogP contribution >= 0.6 is 0 Å². The number of carbonyl (C=O) groups is 4. The summed E-state index contributed by atoms with van der Waals surface area (Å²) in [5.41, 5.74) is 1.50. The molecule has 0 radical (unpaired) electrons. The normalized spacial score (nSPS) is 16.8. The molecule has 1 N–H and O–H groups in total. The van der Waals surface area contributed by atoms with Crippen molar-refractivity contribution in [3.8, 4) is 11.8 Å². The molecule has 1 atom stereocenters. The zero-order valence-electron chi connectivity index (χ0n) is 23.6. The van der Waals surface area contributed by atoms with Crippen LogP contribution in [-0.4, -0.2) is 102 Å². The number of nitriles is 1. The number of nitrogens with one attached hydrogen (secondary N) is 1. The standard InChI is InChI=1S/C29H36N6O6/c1-3-4-14-40-29(39)34-12-10-33(11-13-34)26(36)18-31-28(38)24-16-25(22-8-7-20(2)15-23(22)32-24)41-19-27(37)35-9-5-6-21(35)17-30/h7-8,15-16,21H,3-6,9-14,18-19H2,1-2H3,(H,31,38). The highest BCUT2D eigenvalue weighted by Crippen LogP contribution is 2.27. The van der Waals surface area contributed by atoms with Crippen LogP contribution in [0.25, 0.3) is 10.9 Å². The summed E-state index contributed by atoms with van der Waals surface area (Å²) in [6.45, 7) is 5.73. The fourth-order valence-electron chi connectivity index (χ4n) is 4.86. The topological polar surface area (TPSA) is 145 Å². The maximum Gasteiger partial charge on any atom is 0.409 e. The van der Waals surface area contributed by atoms with Crippen molar-refractivity contribution in [3.63, 3.8) is 0 Å². The fourth-order valence-corrected chi connectivity index (χ4v) is 4.86. The van der Waals surface area contributed by atoms with Crippen LogP contribution in [0, 0.1) is 18.3 Å². The second-order valence-electron chi connectivity index (χ2n) is 10.2. The van der Waals surface area contributed by atoms with Crippen LogP contribution in [0.4, 0.5) is 4.79 Å². The lowest BCUT2D eigenvalue weighted by Gasteiger charge is -2.34. The van der Waals surface area contributed by atoms with Gasteiger partial charge in [0.15, 0.2) is 6.61 Å². The minimum Gasteiger partial charge on any atom is -0.483 e. The molecule has 4 amide bonds. The molecule has 2 aliphatic heterocycles. The molecule has 2 aromatic rings. The van der Waals surface area contributed by atoms with E-state index in [1.54, 1.807) is 9.80 Å². The van der Waals surface area contributed by atoms with Gasteiger partial charge in [0.05, 0.1) is 24.7 Å². The molecule has 12 heteroatoms. The molecule has 3 heterocycles. The summed E-state index contributed by atoms with van der Waals surface area (Å²) in [7, 11) is 0. The first kappa shape index (κ1) is 29.6. The van der Waals surface area contributed by atoms with Crippen LogP contribution < -0.4 is 10.1 Å². The molecule has 0 bridgehead atoms. The average Bonchev–Trinajstić information content (AvgIpc) is 3.47. The van der Waals surface area contributed by atoms with E-state index in [1.807, 2.05) is 32.0 Å². The number of rotatable bonds is 9. The van der Waals surface area contributed by atoms with Gasteiger partial charge in [-0.15, -0.1) is 0 Å². The van der Waals surface area contributed by atoms with Gasteiger partial charge in [0.2, 0.25) is 5.91 Å². The number of fused-ring (bicyclic) bond motifs is 1. The number of benzene rings is 1. The number of nitrogens with zero attached hydrogens (tertiary/aromatic N) is 5. The van der Waals surface area contributed by atoms with Crippen LogP contribution in [0.15, 0.2) is 24.3 Å². The maximum absolute atomic E-state index is 13.0. The van der Waals surface area contributed by atoms with Gasteiger partial charge in [0, 0.05) is 44.2 Å². The highest BCUT2D eigenvalue weighted by molar-refractivity contribution is 5.98. The summed E-state index contributed by atoms with van der Waals surface area (Å²) < 4.78 is 11.1. The average molecular weight is 565 g/mol. The molecule has 0 aliphatic carbocycles. The Kier molecular flexibility index (Phi) is 9.95. The number of aryl methyl sites for hydroxylation is 1. The Hall–Kier alpha value is -4.40. The lowest BCUT2D eigenvalue weighted by atomic mass is 10.1. The van der Waals surface area contributed by atoms with Crippen LogP contribution in [0.5, 0.6) is 5.75 Å². The first-order valence-corrected chi connectivity index (χ1v) is 14.0. The summed E-state index contributed by atoms with van der Waals surface area (Å²) in [5, 5.41) is 12.6. The third kappa shape index (κ3) is 7.42. The van der Waals surface area contributed by atoms with Crippen molar-refractivity contribution in [2.45, 2.75) is 45.6 Å². The van der Waals surface area contributed by atoms with E-state index in [4.69, 9.17) is 9.47 Å². The number of pyridine rings is 1. The van der Waals surface area contributed by atoms with E-state index >= 15 is 0 Å². The van der Waals surface area contributed by atoms with E-state index in [2.05, 4.69) is 16.4 Å². The lowest BCUT2D eigenvalue weighted by molar-refractivity contribution is -0.133. The molecule has 0 spiro atoms. The fraction of sp³-hybridized carbons (Fsp3) is 0.517. The Bertz CT molecular complexity index is 1330. The Balaban J connectivity index is 1.36. The molecule has 218 valence electrons. The smallest absolute Gasteiger partial charge is 0.409 e. The van der Waals surface area contributed by atoms with E-state index < -0.39 is 11.9 Å². The van der Waals surface area contributed by atoms with E-state index in [0.717, 1.165) is 24.8 Å². The molecule has 1 aromatic carbocycles. The number of aromatic nitrogens is 1. The van der Waals surface area contributed by atoms with Crippen molar-refractivity contribution in [1.82, 2.24) is 25.0 Å². The number of hydrogen-bond acceptors (Lipinski definition) is 8. The van der Waals surface area contributed by atoms with Gasteiger partial charge in [-0.2, -0.15) is 5.26 Å². The molecule has 2 fully saturated rings. The van der Waals surface area contributed by atoms with Crippen LogP contribution in [0.2, 0.25) is 0 Å². The molecule has 1 aromatic heterocycles. The Morgan fingerprint density at radius 3 is 2.56 bits per heavy atom. The second-order valence-corrected chi connectivity index (χ2v) is 10.2. The number of amides is 4. The molecular weight excluding hydrogens is 528 g/mol. The van der Waals surface area contributed by atoms with Gasteiger partial charge in [0.1, 0.15) is 17.5 Å². The zero-order chi connectivity index (χ0) is 29.4. The predicted octanol–water partition coefficient (Wildman–Crippen LogP) is 2.25. The van der Waals surface area contributed by atoms with Crippen molar-refractivity contribution in [2.75, 3.05) is 52.5 Å². The predicted molar refractivity (Wildman–Crippen MR) is 149 cm³/mol. The molecular formula is C29H36N6O6. The number of unbranched alkanes of at least 4 members (excludes halogenated alkanes) is 1.